The monoisotopic (exact) mass is 366 g/mol. The molecule has 27 heavy (non-hydrogen) atoms. The summed E-state index contributed by atoms with van der Waals surface area (Å²) in [6, 6.07) is 15.7. The molecule has 2 aromatic carbocycles. The van der Waals surface area contributed by atoms with Crippen LogP contribution < -0.4 is 10.1 Å². The van der Waals surface area contributed by atoms with Crippen molar-refractivity contribution in [2.75, 3.05) is 12.4 Å². The van der Waals surface area contributed by atoms with Gasteiger partial charge in [-0.15, -0.1) is 0 Å². The number of carbonyl (C=O) groups is 1. The van der Waals surface area contributed by atoms with Crippen LogP contribution in [0.1, 0.15) is 23.1 Å². The first-order valence-electron chi connectivity index (χ1n) is 8.37. The molecule has 0 radical (unpaired) electrons. The van der Waals surface area contributed by atoms with Gasteiger partial charge in [-0.2, -0.15) is 14.8 Å². The molecule has 1 aromatic heterocycles. The maximum atomic E-state index is 12.2. The molecule has 4 rings (SSSR count). The van der Waals surface area contributed by atoms with Crippen molar-refractivity contribution in [1.29, 1.82) is 0 Å². The van der Waals surface area contributed by atoms with Crippen LogP contribution in [-0.2, 0) is 10.5 Å². The number of aliphatic hydroxyl groups is 1. The second kappa shape index (κ2) is 6.40. The first kappa shape index (κ1) is 17.0. The fraction of sp³-hybridized carbons (Fsp3) is 0.211. The first-order chi connectivity index (χ1) is 13.1. The van der Waals surface area contributed by atoms with Crippen LogP contribution in [0.15, 0.2) is 60.9 Å². The third kappa shape index (κ3) is 2.61. The van der Waals surface area contributed by atoms with Crippen molar-refractivity contribution < 1.29 is 19.7 Å². The van der Waals surface area contributed by atoms with Gasteiger partial charge in [0.2, 0.25) is 5.95 Å². The molecule has 0 fully saturated rings. The average molecular weight is 366 g/mol. The molecule has 0 amide bonds. The van der Waals surface area contributed by atoms with Gasteiger partial charge < -0.3 is 20.3 Å². The summed E-state index contributed by atoms with van der Waals surface area (Å²) in [6.45, 7) is 0. The Morgan fingerprint density at radius 2 is 1.85 bits per heavy atom. The van der Waals surface area contributed by atoms with Crippen LogP contribution in [0.25, 0.3) is 0 Å². The highest BCUT2D eigenvalue weighted by atomic mass is 16.5. The van der Waals surface area contributed by atoms with Crippen molar-refractivity contribution in [2.45, 2.75) is 17.7 Å². The lowest BCUT2D eigenvalue weighted by Crippen LogP contribution is -2.54. The minimum Gasteiger partial charge on any atom is -0.497 e. The van der Waals surface area contributed by atoms with Crippen LogP contribution in [0.5, 0.6) is 5.75 Å². The minimum absolute atomic E-state index is 0.188. The van der Waals surface area contributed by atoms with Crippen molar-refractivity contribution >= 4 is 11.9 Å². The number of fused-ring (bicyclic) bond motifs is 1. The van der Waals surface area contributed by atoms with Crippen molar-refractivity contribution in [3.63, 3.8) is 0 Å². The minimum atomic E-state index is -2.30. The molecule has 0 aliphatic carbocycles. The molecule has 0 saturated heterocycles. The van der Waals surface area contributed by atoms with Crippen LogP contribution >= 0.6 is 0 Å². The van der Waals surface area contributed by atoms with Crippen LogP contribution in [0, 0.1) is 0 Å². The van der Waals surface area contributed by atoms with Crippen molar-refractivity contribution in [3.8, 4) is 5.75 Å². The van der Waals surface area contributed by atoms with Gasteiger partial charge in [-0.1, -0.05) is 42.5 Å². The van der Waals surface area contributed by atoms with Gasteiger partial charge in [0.05, 0.1) is 19.1 Å². The van der Waals surface area contributed by atoms with Crippen LogP contribution in [0.2, 0.25) is 0 Å². The number of ether oxygens (including phenoxy) is 1. The maximum absolute atomic E-state index is 12.2. The molecule has 0 bridgehead atoms. The van der Waals surface area contributed by atoms with Crippen molar-refractivity contribution in [1.82, 2.24) is 14.8 Å². The molecular formula is C19H18N4O4. The summed E-state index contributed by atoms with van der Waals surface area (Å²) in [6.07, 6.45) is 1.22. The lowest BCUT2D eigenvalue weighted by atomic mass is 9.78. The fourth-order valence-electron chi connectivity index (χ4n) is 3.57. The molecular weight excluding hydrogens is 348 g/mol. The summed E-state index contributed by atoms with van der Waals surface area (Å²) in [4.78, 5) is 16.3. The zero-order valence-corrected chi connectivity index (χ0v) is 14.5. The summed E-state index contributed by atoms with van der Waals surface area (Å²) in [7, 11) is 1.58. The van der Waals surface area contributed by atoms with Gasteiger partial charge in [-0.25, -0.2) is 4.79 Å². The number of nitrogens with zero attached hydrogens (tertiary/aromatic N) is 3. The van der Waals surface area contributed by atoms with E-state index in [2.05, 4.69) is 15.4 Å². The standard InChI is InChI=1S/C19H18N4O4/c1-27-14-9-7-13(8-10-14)16-15(12-5-3-2-4-6-12)19(26,17(24)25)23-18(22-16)20-11-21-23/h2-11,15-16,26H,1H3,(H,24,25)(H,20,21,22)/t15-,16+,19-/m1/s1. The summed E-state index contributed by atoms with van der Waals surface area (Å²) in [5.74, 6) is -1.38. The van der Waals surface area contributed by atoms with Gasteiger partial charge in [-0.3, -0.25) is 0 Å². The Morgan fingerprint density at radius 3 is 2.48 bits per heavy atom. The van der Waals surface area contributed by atoms with Gasteiger partial charge in [-0.05, 0) is 23.3 Å². The molecule has 3 atom stereocenters. The average Bonchev–Trinajstić information content (AvgIpc) is 3.18. The molecule has 3 N–H and O–H groups in total. The number of aromatic nitrogens is 3. The number of nitrogens with one attached hydrogen (secondary N) is 1. The fourth-order valence-corrected chi connectivity index (χ4v) is 3.57. The summed E-state index contributed by atoms with van der Waals surface area (Å²) >= 11 is 0. The van der Waals surface area contributed by atoms with E-state index >= 15 is 0 Å². The van der Waals surface area contributed by atoms with E-state index in [9.17, 15) is 15.0 Å². The number of rotatable bonds is 4. The van der Waals surface area contributed by atoms with Gasteiger partial charge in [0.25, 0.3) is 5.72 Å². The van der Waals surface area contributed by atoms with E-state index < -0.39 is 23.7 Å². The molecule has 2 heterocycles. The van der Waals surface area contributed by atoms with Crippen LogP contribution in [0.3, 0.4) is 0 Å². The molecule has 0 spiro atoms. The Balaban J connectivity index is 1.92. The predicted molar refractivity (Wildman–Crippen MR) is 96.4 cm³/mol. The summed E-state index contributed by atoms with van der Waals surface area (Å²) < 4.78 is 6.22. The van der Waals surface area contributed by atoms with Gasteiger partial charge in [0.1, 0.15) is 12.1 Å². The second-order valence-electron chi connectivity index (χ2n) is 6.31. The highest BCUT2D eigenvalue weighted by Crippen LogP contribution is 2.47. The SMILES string of the molecule is COc1ccc([C@@H]2Nc3ncnn3[C@](O)(C(=O)O)[C@@H]2c2ccccc2)cc1. The molecule has 8 heteroatoms. The van der Waals surface area contributed by atoms with Gasteiger partial charge in [0.15, 0.2) is 0 Å². The first-order valence-corrected chi connectivity index (χ1v) is 8.37. The van der Waals surface area contributed by atoms with E-state index in [0.717, 1.165) is 10.2 Å². The Labute approximate surface area is 155 Å². The van der Waals surface area contributed by atoms with Crippen molar-refractivity contribution in [2.24, 2.45) is 0 Å². The van der Waals surface area contributed by atoms with Crippen LogP contribution in [0.4, 0.5) is 5.95 Å². The van der Waals surface area contributed by atoms with E-state index in [1.807, 2.05) is 18.2 Å². The van der Waals surface area contributed by atoms with Crippen LogP contribution in [-0.4, -0.2) is 38.1 Å². The molecule has 1 aliphatic rings. The largest absolute Gasteiger partial charge is 0.497 e. The molecule has 0 unspecified atom stereocenters. The molecule has 3 aromatic rings. The molecule has 0 saturated carbocycles. The number of aliphatic carboxylic acids is 1. The molecule has 8 nitrogen and oxygen atoms in total. The number of carboxylic acids is 1. The smallest absolute Gasteiger partial charge is 0.360 e. The summed E-state index contributed by atoms with van der Waals surface area (Å²) in [5, 5.41) is 28.5. The number of benzene rings is 2. The maximum Gasteiger partial charge on any atom is 0.360 e. The van der Waals surface area contributed by atoms with Gasteiger partial charge >= 0.3 is 5.97 Å². The molecule has 138 valence electrons. The Kier molecular flexibility index (Phi) is 4.04. The predicted octanol–water partition coefficient (Wildman–Crippen LogP) is 1.97. The van der Waals surface area contributed by atoms with E-state index in [1.54, 1.807) is 43.5 Å². The van der Waals surface area contributed by atoms with Crippen molar-refractivity contribution in [3.05, 3.63) is 72.1 Å². The zero-order chi connectivity index (χ0) is 19.0. The second-order valence-corrected chi connectivity index (χ2v) is 6.31. The van der Waals surface area contributed by atoms with E-state index in [-0.39, 0.29) is 5.95 Å². The molecule has 1 aliphatic heterocycles. The normalized spacial score (nSPS) is 23.9. The highest BCUT2D eigenvalue weighted by Gasteiger charge is 2.56. The third-order valence-corrected chi connectivity index (χ3v) is 4.87. The van der Waals surface area contributed by atoms with E-state index in [0.29, 0.717) is 11.3 Å². The number of hydrogen-bond acceptors (Lipinski definition) is 6. The quantitative estimate of drug-likeness (QED) is 0.647. The number of methoxy groups -OCH3 is 1. The lowest BCUT2D eigenvalue weighted by Gasteiger charge is -2.42. The Hall–Kier alpha value is -3.39. The number of hydrogen-bond donors (Lipinski definition) is 3. The topological polar surface area (TPSA) is 110 Å². The van der Waals surface area contributed by atoms with Gasteiger partial charge in [0, 0.05) is 0 Å². The van der Waals surface area contributed by atoms with E-state index in [1.165, 1.54) is 6.33 Å². The number of carboxylic acid groups (broad SMARTS) is 1. The Morgan fingerprint density at radius 1 is 1.15 bits per heavy atom. The summed E-state index contributed by atoms with van der Waals surface area (Å²) in [5.41, 5.74) is -0.848. The Bertz CT molecular complexity index is 957. The lowest BCUT2D eigenvalue weighted by molar-refractivity contribution is -0.179. The third-order valence-electron chi connectivity index (χ3n) is 4.87. The highest BCUT2D eigenvalue weighted by molar-refractivity contribution is 5.78. The van der Waals surface area contributed by atoms with E-state index in [4.69, 9.17) is 4.74 Å². The zero-order valence-electron chi connectivity index (χ0n) is 14.5. The number of anilines is 1.